The molecule has 33 heavy (non-hydrogen) atoms. The van der Waals surface area contributed by atoms with Crippen LogP contribution >= 0.6 is 11.3 Å². The van der Waals surface area contributed by atoms with Crippen molar-refractivity contribution in [2.24, 2.45) is 11.8 Å². The lowest BCUT2D eigenvalue weighted by atomic mass is 9.79. The van der Waals surface area contributed by atoms with Crippen LogP contribution in [-0.4, -0.2) is 42.5 Å². The van der Waals surface area contributed by atoms with Gasteiger partial charge in [0.15, 0.2) is 0 Å². The van der Waals surface area contributed by atoms with Crippen molar-refractivity contribution < 1.29 is 21.6 Å². The van der Waals surface area contributed by atoms with Crippen LogP contribution in [0, 0.1) is 11.8 Å². The van der Waals surface area contributed by atoms with Crippen molar-refractivity contribution in [2.75, 3.05) is 13.1 Å². The third kappa shape index (κ3) is 4.13. The van der Waals surface area contributed by atoms with E-state index in [9.17, 15) is 21.6 Å². The van der Waals surface area contributed by atoms with E-state index in [1.165, 1.54) is 4.88 Å². The second-order valence-electron chi connectivity index (χ2n) is 10.7. The minimum absolute atomic E-state index is 0.0186. The van der Waals surface area contributed by atoms with Crippen LogP contribution in [-0.2, 0) is 28.5 Å². The molecule has 1 aromatic carbocycles. The standard InChI is InChI=1S/C23H28F3N3O2S2/c1-21(2,3)19-11-27-20(32-19)15-5-4-14-9-17-6-7-18(10-16(14)8-15)22(17)12-29(13-23(24,25)26)33(30,31)28-22/h4-5,8,11,17-18,28H,6-7,9-10,12-13H2,1-3H3. The molecule has 3 atom stereocenters. The van der Waals surface area contributed by atoms with Crippen molar-refractivity contribution in [3.05, 3.63) is 40.4 Å². The van der Waals surface area contributed by atoms with Crippen LogP contribution < -0.4 is 4.72 Å². The van der Waals surface area contributed by atoms with E-state index in [4.69, 9.17) is 0 Å². The molecule has 2 aliphatic carbocycles. The van der Waals surface area contributed by atoms with Crippen LogP contribution in [0.2, 0.25) is 0 Å². The van der Waals surface area contributed by atoms with Crippen molar-refractivity contribution >= 4 is 21.5 Å². The van der Waals surface area contributed by atoms with Crippen molar-refractivity contribution in [3.8, 4) is 10.6 Å². The third-order valence-electron chi connectivity index (χ3n) is 7.40. The van der Waals surface area contributed by atoms with Crippen LogP contribution in [0.1, 0.15) is 49.6 Å². The van der Waals surface area contributed by atoms with Gasteiger partial charge in [0, 0.05) is 23.2 Å². The summed E-state index contributed by atoms with van der Waals surface area (Å²) in [5, 5.41) is 0.949. The summed E-state index contributed by atoms with van der Waals surface area (Å²) in [4.78, 5) is 5.83. The summed E-state index contributed by atoms with van der Waals surface area (Å²) < 4.78 is 67.8. The first-order valence-corrected chi connectivity index (χ1v) is 13.5. The predicted molar refractivity (Wildman–Crippen MR) is 122 cm³/mol. The molecule has 2 bridgehead atoms. The lowest BCUT2D eigenvalue weighted by Crippen LogP contribution is -2.52. The number of rotatable bonds is 2. The first kappa shape index (κ1) is 23.3. The maximum Gasteiger partial charge on any atom is 0.402 e. The molecule has 1 saturated heterocycles. The van der Waals surface area contributed by atoms with E-state index in [1.807, 2.05) is 6.20 Å². The zero-order chi connectivity index (χ0) is 23.8. The average Bonchev–Trinajstić information content (AvgIpc) is 3.30. The number of thiazole rings is 1. The van der Waals surface area contributed by atoms with E-state index >= 15 is 0 Å². The van der Waals surface area contributed by atoms with Gasteiger partial charge in [0.25, 0.3) is 10.2 Å². The van der Waals surface area contributed by atoms with Crippen LogP contribution in [0.25, 0.3) is 10.6 Å². The van der Waals surface area contributed by atoms with Gasteiger partial charge in [-0.1, -0.05) is 32.9 Å². The minimum atomic E-state index is -4.57. The highest BCUT2D eigenvalue weighted by atomic mass is 32.2. The summed E-state index contributed by atoms with van der Waals surface area (Å²) >= 11 is 1.67. The molecule has 180 valence electrons. The fraction of sp³-hybridized carbons (Fsp3) is 0.609. The van der Waals surface area contributed by atoms with Gasteiger partial charge in [-0.2, -0.15) is 30.6 Å². The van der Waals surface area contributed by atoms with E-state index in [0.717, 1.165) is 34.5 Å². The molecule has 0 radical (unpaired) electrons. The number of nitrogens with zero attached hydrogens (tertiary/aromatic N) is 2. The Balaban J connectivity index is 1.46. The average molecular weight is 500 g/mol. The van der Waals surface area contributed by atoms with Gasteiger partial charge < -0.3 is 0 Å². The Kier molecular flexibility index (Phi) is 5.29. The lowest BCUT2D eigenvalue weighted by molar-refractivity contribution is -0.136. The monoisotopic (exact) mass is 499 g/mol. The fourth-order valence-electron chi connectivity index (χ4n) is 5.73. The molecular weight excluding hydrogens is 471 g/mol. The Morgan fingerprint density at radius 1 is 1.15 bits per heavy atom. The molecule has 5 nitrogen and oxygen atoms in total. The van der Waals surface area contributed by atoms with Gasteiger partial charge in [-0.3, -0.25) is 0 Å². The molecule has 1 saturated carbocycles. The Morgan fingerprint density at radius 3 is 2.42 bits per heavy atom. The number of halogens is 3. The summed E-state index contributed by atoms with van der Waals surface area (Å²) in [5.41, 5.74) is 2.53. The molecule has 2 aromatic rings. The maximum atomic E-state index is 13.1. The third-order valence-corrected chi connectivity index (χ3v) is 10.5. The quantitative estimate of drug-likeness (QED) is 0.653. The van der Waals surface area contributed by atoms with Crippen LogP contribution in [0.15, 0.2) is 24.4 Å². The summed E-state index contributed by atoms with van der Waals surface area (Å²) in [7, 11) is -4.17. The summed E-state index contributed by atoms with van der Waals surface area (Å²) in [6.45, 7) is 4.90. The van der Waals surface area contributed by atoms with Gasteiger partial charge in [-0.05, 0) is 60.1 Å². The van der Waals surface area contributed by atoms with Crippen LogP contribution in [0.3, 0.4) is 0 Å². The van der Waals surface area contributed by atoms with E-state index in [2.05, 4.69) is 48.7 Å². The molecule has 5 rings (SSSR count). The highest BCUT2D eigenvalue weighted by Crippen LogP contribution is 2.51. The molecule has 1 N–H and O–H groups in total. The Hall–Kier alpha value is -1.49. The number of hydrogen-bond donors (Lipinski definition) is 1. The molecule has 1 aromatic heterocycles. The van der Waals surface area contributed by atoms with E-state index < -0.39 is 28.5 Å². The molecule has 2 heterocycles. The molecular formula is C23H28F3N3O2S2. The molecule has 2 fully saturated rings. The van der Waals surface area contributed by atoms with Crippen LogP contribution in [0.4, 0.5) is 13.2 Å². The second-order valence-corrected chi connectivity index (χ2v) is 13.4. The van der Waals surface area contributed by atoms with Crippen molar-refractivity contribution in [1.29, 1.82) is 0 Å². The van der Waals surface area contributed by atoms with E-state index in [0.29, 0.717) is 17.1 Å². The largest absolute Gasteiger partial charge is 0.402 e. The maximum absolute atomic E-state index is 13.1. The number of aromatic nitrogens is 1. The van der Waals surface area contributed by atoms with Gasteiger partial charge in [0.05, 0.1) is 5.54 Å². The molecule has 1 spiro atoms. The topological polar surface area (TPSA) is 62.3 Å². The summed E-state index contributed by atoms with van der Waals surface area (Å²) in [6, 6.07) is 6.30. The molecule has 3 unspecified atom stereocenters. The molecule has 0 amide bonds. The summed E-state index contributed by atoms with van der Waals surface area (Å²) in [6.07, 6.45) is 0.295. The number of nitrogens with one attached hydrogen (secondary N) is 1. The van der Waals surface area contributed by atoms with Gasteiger partial charge in [0.2, 0.25) is 0 Å². The van der Waals surface area contributed by atoms with E-state index in [1.54, 1.807) is 11.3 Å². The number of benzene rings is 1. The number of fused-ring (bicyclic) bond motifs is 1. The summed E-state index contributed by atoms with van der Waals surface area (Å²) in [5.74, 6) is -0.0524. The molecule has 3 aliphatic rings. The number of alkyl halides is 3. The Labute approximate surface area is 196 Å². The van der Waals surface area contributed by atoms with Gasteiger partial charge in [0.1, 0.15) is 11.6 Å². The van der Waals surface area contributed by atoms with E-state index in [-0.39, 0.29) is 23.8 Å². The first-order valence-electron chi connectivity index (χ1n) is 11.2. The predicted octanol–water partition coefficient (Wildman–Crippen LogP) is 4.68. The van der Waals surface area contributed by atoms with Crippen molar-refractivity contribution in [2.45, 2.75) is 63.6 Å². The molecule has 10 heteroatoms. The zero-order valence-corrected chi connectivity index (χ0v) is 20.5. The lowest BCUT2D eigenvalue weighted by Gasteiger charge is -2.33. The van der Waals surface area contributed by atoms with Crippen molar-refractivity contribution in [3.63, 3.8) is 0 Å². The molecule has 1 aliphatic heterocycles. The fourth-order valence-corrected chi connectivity index (χ4v) is 8.41. The van der Waals surface area contributed by atoms with Gasteiger partial charge in [-0.25, -0.2) is 4.98 Å². The zero-order valence-electron chi connectivity index (χ0n) is 18.9. The van der Waals surface area contributed by atoms with Gasteiger partial charge >= 0.3 is 6.18 Å². The highest BCUT2D eigenvalue weighted by molar-refractivity contribution is 7.87. The van der Waals surface area contributed by atoms with Crippen LogP contribution in [0.5, 0.6) is 0 Å². The normalized spacial score (nSPS) is 29.4. The minimum Gasteiger partial charge on any atom is -0.244 e. The smallest absolute Gasteiger partial charge is 0.244 e. The Bertz CT molecular complexity index is 1190. The SMILES string of the molecule is CC(C)(C)c1cnc(-c2ccc3c(c2)CC2CCC(C3)C23CN(CC(F)(F)F)S(=O)(=O)N3)s1. The highest BCUT2D eigenvalue weighted by Gasteiger charge is 2.60. The number of hydrogen-bond acceptors (Lipinski definition) is 4. The van der Waals surface area contributed by atoms with Crippen molar-refractivity contribution in [1.82, 2.24) is 14.0 Å². The second kappa shape index (κ2) is 7.50. The first-order chi connectivity index (χ1) is 15.3. The Morgan fingerprint density at radius 2 is 1.82 bits per heavy atom. The van der Waals surface area contributed by atoms with Gasteiger partial charge in [-0.15, -0.1) is 11.3 Å².